The molecule has 82 valence electrons. The Bertz CT molecular complexity index is 528. The molecule has 0 spiro atoms. The molecule has 1 aromatic heterocycles. The summed E-state index contributed by atoms with van der Waals surface area (Å²) in [5.74, 6) is -0.951. The van der Waals surface area contributed by atoms with Gasteiger partial charge in [0.25, 0.3) is 0 Å². The molecule has 0 unspecified atom stereocenters. The monoisotopic (exact) mass is 343 g/mol. The Morgan fingerprint density at radius 3 is 2.31 bits per heavy atom. The molecule has 2 aromatic rings. The SMILES string of the molecule is O=C(O)c1cccn1-c1c(Br)cccc1Br. The second kappa shape index (κ2) is 4.43. The van der Waals surface area contributed by atoms with Crippen LogP contribution in [0.2, 0.25) is 0 Å². The molecule has 0 radical (unpaired) electrons. The molecule has 1 N–H and O–H groups in total. The Morgan fingerprint density at radius 1 is 1.12 bits per heavy atom. The van der Waals surface area contributed by atoms with Gasteiger partial charge in [0.2, 0.25) is 0 Å². The largest absolute Gasteiger partial charge is 0.477 e. The van der Waals surface area contributed by atoms with E-state index in [1.165, 1.54) is 0 Å². The van der Waals surface area contributed by atoms with Crippen LogP contribution in [-0.4, -0.2) is 15.6 Å². The minimum absolute atomic E-state index is 0.229. The summed E-state index contributed by atoms with van der Waals surface area (Å²) in [6.07, 6.45) is 1.72. The van der Waals surface area contributed by atoms with Gasteiger partial charge >= 0.3 is 5.97 Å². The molecule has 1 heterocycles. The van der Waals surface area contributed by atoms with Gasteiger partial charge in [-0.05, 0) is 56.1 Å². The van der Waals surface area contributed by atoms with E-state index >= 15 is 0 Å². The van der Waals surface area contributed by atoms with E-state index in [0.717, 1.165) is 14.6 Å². The minimum atomic E-state index is -0.951. The third kappa shape index (κ3) is 1.92. The third-order valence-electron chi connectivity index (χ3n) is 2.15. The average Bonchev–Trinajstić information content (AvgIpc) is 2.66. The molecule has 0 bridgehead atoms. The molecular weight excluding hydrogens is 338 g/mol. The van der Waals surface area contributed by atoms with Gasteiger partial charge in [-0.1, -0.05) is 6.07 Å². The Morgan fingerprint density at radius 2 is 1.75 bits per heavy atom. The van der Waals surface area contributed by atoms with Crippen molar-refractivity contribution in [1.29, 1.82) is 0 Å². The highest BCUT2D eigenvalue weighted by Crippen LogP contribution is 2.30. The molecule has 0 saturated carbocycles. The number of carbonyl (C=O) groups is 1. The third-order valence-corrected chi connectivity index (χ3v) is 3.43. The lowest BCUT2D eigenvalue weighted by molar-refractivity contribution is 0.0688. The standard InChI is InChI=1S/C11H7Br2NO2/c12-7-3-1-4-8(13)10(7)14-6-2-5-9(14)11(15)16/h1-6H,(H,15,16). The first-order valence-electron chi connectivity index (χ1n) is 4.46. The van der Waals surface area contributed by atoms with Gasteiger partial charge in [-0.25, -0.2) is 4.79 Å². The summed E-state index contributed by atoms with van der Waals surface area (Å²) < 4.78 is 3.29. The van der Waals surface area contributed by atoms with Gasteiger partial charge in [0, 0.05) is 15.1 Å². The van der Waals surface area contributed by atoms with Gasteiger partial charge in [0.1, 0.15) is 5.69 Å². The van der Waals surface area contributed by atoms with Crippen LogP contribution in [0.1, 0.15) is 10.5 Å². The average molecular weight is 345 g/mol. The predicted molar refractivity (Wildman–Crippen MR) is 68.1 cm³/mol. The Kier molecular flexibility index (Phi) is 3.16. The first-order valence-corrected chi connectivity index (χ1v) is 6.05. The number of hydrogen-bond donors (Lipinski definition) is 1. The Hall–Kier alpha value is -1.07. The molecule has 0 aliphatic rings. The number of benzene rings is 1. The zero-order valence-electron chi connectivity index (χ0n) is 8.02. The van der Waals surface area contributed by atoms with Crippen LogP contribution >= 0.6 is 31.9 Å². The fourth-order valence-corrected chi connectivity index (χ4v) is 2.85. The van der Waals surface area contributed by atoms with E-state index in [2.05, 4.69) is 31.9 Å². The van der Waals surface area contributed by atoms with E-state index in [0.29, 0.717) is 0 Å². The zero-order valence-corrected chi connectivity index (χ0v) is 11.2. The van der Waals surface area contributed by atoms with E-state index in [1.807, 2.05) is 18.2 Å². The Balaban J connectivity index is 2.68. The van der Waals surface area contributed by atoms with Crippen molar-refractivity contribution in [2.24, 2.45) is 0 Å². The normalized spacial score (nSPS) is 10.4. The molecule has 3 nitrogen and oxygen atoms in total. The first kappa shape index (κ1) is 11.4. The lowest BCUT2D eigenvalue weighted by atomic mass is 10.3. The van der Waals surface area contributed by atoms with Crippen molar-refractivity contribution < 1.29 is 9.90 Å². The maximum absolute atomic E-state index is 11.0. The number of hydrogen-bond acceptors (Lipinski definition) is 1. The quantitative estimate of drug-likeness (QED) is 0.902. The molecule has 16 heavy (non-hydrogen) atoms. The van der Waals surface area contributed by atoms with Gasteiger partial charge < -0.3 is 9.67 Å². The number of carboxylic acid groups (broad SMARTS) is 1. The topological polar surface area (TPSA) is 42.2 Å². The minimum Gasteiger partial charge on any atom is -0.477 e. The smallest absolute Gasteiger partial charge is 0.352 e. The van der Waals surface area contributed by atoms with Gasteiger partial charge in [-0.15, -0.1) is 0 Å². The number of aromatic carboxylic acids is 1. The number of nitrogens with zero attached hydrogens (tertiary/aromatic N) is 1. The number of aromatic nitrogens is 1. The van der Waals surface area contributed by atoms with E-state index < -0.39 is 5.97 Å². The van der Waals surface area contributed by atoms with Crippen molar-refractivity contribution in [3.63, 3.8) is 0 Å². The maximum atomic E-state index is 11.0. The number of halogens is 2. The second-order valence-electron chi connectivity index (χ2n) is 3.14. The molecule has 0 amide bonds. The van der Waals surface area contributed by atoms with Gasteiger partial charge in [0.05, 0.1) is 5.69 Å². The molecular formula is C11H7Br2NO2. The van der Waals surface area contributed by atoms with Gasteiger partial charge in [-0.2, -0.15) is 0 Å². The van der Waals surface area contributed by atoms with Crippen molar-refractivity contribution >= 4 is 37.8 Å². The summed E-state index contributed by atoms with van der Waals surface area (Å²) in [7, 11) is 0. The van der Waals surface area contributed by atoms with Crippen LogP contribution in [0.4, 0.5) is 0 Å². The van der Waals surface area contributed by atoms with Crippen LogP contribution in [0, 0.1) is 0 Å². The highest BCUT2D eigenvalue weighted by Gasteiger charge is 2.14. The van der Waals surface area contributed by atoms with Crippen molar-refractivity contribution in [3.05, 3.63) is 51.2 Å². The summed E-state index contributed by atoms with van der Waals surface area (Å²) in [4.78, 5) is 11.0. The van der Waals surface area contributed by atoms with Crippen molar-refractivity contribution in [3.8, 4) is 5.69 Å². The van der Waals surface area contributed by atoms with E-state index in [-0.39, 0.29) is 5.69 Å². The van der Waals surface area contributed by atoms with Crippen molar-refractivity contribution in [2.45, 2.75) is 0 Å². The van der Waals surface area contributed by atoms with Crippen molar-refractivity contribution in [2.75, 3.05) is 0 Å². The van der Waals surface area contributed by atoms with Crippen LogP contribution in [0.5, 0.6) is 0 Å². The highest BCUT2D eigenvalue weighted by molar-refractivity contribution is 9.11. The lowest BCUT2D eigenvalue weighted by Gasteiger charge is -2.10. The molecule has 0 fully saturated rings. The predicted octanol–water partition coefficient (Wildman–Crippen LogP) is 3.70. The van der Waals surface area contributed by atoms with Gasteiger partial charge in [0.15, 0.2) is 0 Å². The lowest BCUT2D eigenvalue weighted by Crippen LogP contribution is -2.06. The van der Waals surface area contributed by atoms with Gasteiger partial charge in [-0.3, -0.25) is 0 Å². The molecule has 0 saturated heterocycles. The zero-order chi connectivity index (χ0) is 11.7. The van der Waals surface area contributed by atoms with Crippen LogP contribution < -0.4 is 0 Å². The Labute approximate surface area is 109 Å². The van der Waals surface area contributed by atoms with Crippen LogP contribution in [0.25, 0.3) is 5.69 Å². The molecule has 0 atom stereocenters. The summed E-state index contributed by atoms with van der Waals surface area (Å²) in [5.41, 5.74) is 1.01. The van der Waals surface area contributed by atoms with Crippen LogP contribution in [0.15, 0.2) is 45.5 Å². The first-order chi connectivity index (χ1) is 7.61. The maximum Gasteiger partial charge on any atom is 0.352 e. The molecule has 0 aliphatic heterocycles. The summed E-state index contributed by atoms with van der Waals surface area (Å²) in [5, 5.41) is 9.05. The number of para-hydroxylation sites is 1. The fourth-order valence-electron chi connectivity index (χ4n) is 1.47. The molecule has 5 heteroatoms. The van der Waals surface area contributed by atoms with E-state index in [1.54, 1.807) is 22.9 Å². The van der Waals surface area contributed by atoms with Crippen LogP contribution in [0.3, 0.4) is 0 Å². The highest BCUT2D eigenvalue weighted by atomic mass is 79.9. The summed E-state index contributed by atoms with van der Waals surface area (Å²) >= 11 is 6.82. The number of carboxylic acids is 1. The van der Waals surface area contributed by atoms with Crippen molar-refractivity contribution in [1.82, 2.24) is 4.57 Å². The molecule has 2 rings (SSSR count). The van der Waals surface area contributed by atoms with Crippen LogP contribution in [-0.2, 0) is 0 Å². The fraction of sp³-hybridized carbons (Fsp3) is 0. The van der Waals surface area contributed by atoms with E-state index in [4.69, 9.17) is 5.11 Å². The van der Waals surface area contributed by atoms with E-state index in [9.17, 15) is 4.79 Å². The summed E-state index contributed by atoms with van der Waals surface area (Å²) in [6.45, 7) is 0. The second-order valence-corrected chi connectivity index (χ2v) is 4.85. The molecule has 0 aliphatic carbocycles. The number of rotatable bonds is 2. The summed E-state index contributed by atoms with van der Waals surface area (Å²) in [6, 6.07) is 8.88. The molecule has 1 aromatic carbocycles.